The molecule has 0 unspecified atom stereocenters. The lowest BCUT2D eigenvalue weighted by Gasteiger charge is -2.34. The molecule has 3 aliphatic rings. The standard InChI is InChI=1S/C64H41N/c1-3-21-43(22-4-1)63(44-23-5-2-6-24-44)54-32-15-13-29-50(54)53-41-45(38-39-58(53)63)65(61-40-42-20-7-8-25-46(42)47-26-9-10-30-51(47)61)60-37-19-36-59-62(60)52-31-14-18-35-57(52)64(59)55-33-16-11-27-48(55)49-28-12-17-34-56(49)64/h1-41H. The van der Waals surface area contributed by atoms with E-state index in [1.54, 1.807) is 0 Å². The van der Waals surface area contributed by atoms with Crippen LogP contribution in [0.4, 0.5) is 17.1 Å². The van der Waals surface area contributed by atoms with Gasteiger partial charge in [-0.05, 0) is 113 Å². The van der Waals surface area contributed by atoms with Crippen LogP contribution in [-0.4, -0.2) is 0 Å². The monoisotopic (exact) mass is 823 g/mol. The summed E-state index contributed by atoms with van der Waals surface area (Å²) in [6.45, 7) is 0. The molecule has 0 N–H and O–H groups in total. The van der Waals surface area contributed by atoms with Crippen LogP contribution in [-0.2, 0) is 10.8 Å². The van der Waals surface area contributed by atoms with Gasteiger partial charge in [0.25, 0.3) is 0 Å². The van der Waals surface area contributed by atoms with Crippen molar-refractivity contribution in [1.82, 2.24) is 0 Å². The third-order valence-electron chi connectivity index (χ3n) is 14.9. The van der Waals surface area contributed by atoms with E-state index in [0.717, 1.165) is 17.1 Å². The molecule has 0 heterocycles. The molecular formula is C64H41N. The number of nitrogens with zero attached hydrogens (tertiary/aromatic N) is 1. The van der Waals surface area contributed by atoms with E-state index < -0.39 is 10.8 Å². The lowest BCUT2D eigenvalue weighted by molar-refractivity contribution is 0.768. The van der Waals surface area contributed by atoms with Gasteiger partial charge in [-0.2, -0.15) is 0 Å². The van der Waals surface area contributed by atoms with Crippen molar-refractivity contribution in [2.45, 2.75) is 10.8 Å². The van der Waals surface area contributed by atoms with Crippen molar-refractivity contribution in [2.24, 2.45) is 0 Å². The summed E-state index contributed by atoms with van der Waals surface area (Å²) in [7, 11) is 0. The highest BCUT2D eigenvalue weighted by atomic mass is 15.1. The van der Waals surface area contributed by atoms with E-state index in [1.165, 1.54) is 99.4 Å². The first-order chi connectivity index (χ1) is 32.3. The highest BCUT2D eigenvalue weighted by Gasteiger charge is 2.52. The fraction of sp³-hybridized carbons (Fsp3) is 0.0312. The first-order valence-corrected chi connectivity index (χ1v) is 22.8. The number of anilines is 3. The molecule has 14 rings (SSSR count). The van der Waals surface area contributed by atoms with Gasteiger partial charge in [0.1, 0.15) is 0 Å². The van der Waals surface area contributed by atoms with Gasteiger partial charge in [0, 0.05) is 16.6 Å². The minimum absolute atomic E-state index is 0.464. The summed E-state index contributed by atoms with van der Waals surface area (Å²) in [6.07, 6.45) is 0. The summed E-state index contributed by atoms with van der Waals surface area (Å²) >= 11 is 0. The van der Waals surface area contributed by atoms with Crippen LogP contribution in [0.5, 0.6) is 0 Å². The first kappa shape index (κ1) is 36.2. The average Bonchev–Trinajstić information content (AvgIpc) is 3.97. The van der Waals surface area contributed by atoms with E-state index in [-0.39, 0.29) is 0 Å². The number of benzene rings is 11. The van der Waals surface area contributed by atoms with E-state index in [2.05, 4.69) is 254 Å². The molecule has 0 saturated carbocycles. The van der Waals surface area contributed by atoms with Crippen LogP contribution in [0.3, 0.4) is 0 Å². The summed E-state index contributed by atoms with van der Waals surface area (Å²) in [6, 6.07) is 93.3. The molecule has 0 amide bonds. The molecule has 1 heteroatoms. The topological polar surface area (TPSA) is 3.24 Å². The van der Waals surface area contributed by atoms with Crippen LogP contribution in [0.15, 0.2) is 249 Å². The van der Waals surface area contributed by atoms with Crippen LogP contribution < -0.4 is 4.90 Å². The van der Waals surface area contributed by atoms with E-state index >= 15 is 0 Å². The molecule has 11 aromatic carbocycles. The molecular weight excluding hydrogens is 783 g/mol. The molecule has 0 aromatic heterocycles. The second kappa shape index (κ2) is 13.6. The molecule has 3 aliphatic carbocycles. The highest BCUT2D eigenvalue weighted by Crippen LogP contribution is 2.65. The van der Waals surface area contributed by atoms with Gasteiger partial charge in [0.15, 0.2) is 0 Å². The SMILES string of the molecule is c1ccc(C2(c3ccccc3)c3ccccc3-c3cc(N(c4cccc5c4-c4ccccc4C54c5ccccc5-c5ccccc54)c4cc5ccccc5c5ccccc45)ccc32)cc1. The van der Waals surface area contributed by atoms with Crippen molar-refractivity contribution in [2.75, 3.05) is 4.90 Å². The fourth-order valence-electron chi connectivity index (χ4n) is 12.5. The van der Waals surface area contributed by atoms with Gasteiger partial charge >= 0.3 is 0 Å². The molecule has 302 valence electrons. The molecule has 11 aromatic rings. The lowest BCUT2D eigenvalue weighted by atomic mass is 9.68. The van der Waals surface area contributed by atoms with Crippen molar-refractivity contribution in [1.29, 1.82) is 0 Å². The van der Waals surface area contributed by atoms with Crippen LogP contribution in [0.2, 0.25) is 0 Å². The predicted molar refractivity (Wildman–Crippen MR) is 270 cm³/mol. The zero-order chi connectivity index (χ0) is 42.7. The maximum Gasteiger partial charge on any atom is 0.0726 e. The number of fused-ring (bicyclic) bond motifs is 16. The summed E-state index contributed by atoms with van der Waals surface area (Å²) in [4.78, 5) is 2.59. The Morgan fingerprint density at radius 1 is 0.262 bits per heavy atom. The Bertz CT molecular complexity index is 3650. The molecule has 0 aliphatic heterocycles. The maximum absolute atomic E-state index is 2.59. The predicted octanol–water partition coefficient (Wildman–Crippen LogP) is 16.2. The number of hydrogen-bond acceptors (Lipinski definition) is 1. The van der Waals surface area contributed by atoms with Crippen LogP contribution >= 0.6 is 0 Å². The Balaban J connectivity index is 1.10. The van der Waals surface area contributed by atoms with Crippen LogP contribution in [0.1, 0.15) is 44.5 Å². The maximum atomic E-state index is 2.59. The highest BCUT2D eigenvalue weighted by molar-refractivity contribution is 6.15. The normalized spacial score (nSPS) is 14.1. The second-order valence-electron chi connectivity index (χ2n) is 17.8. The lowest BCUT2D eigenvalue weighted by Crippen LogP contribution is -2.28. The summed E-state index contributed by atoms with van der Waals surface area (Å²) in [5.74, 6) is 0. The van der Waals surface area contributed by atoms with Gasteiger partial charge in [-0.15, -0.1) is 0 Å². The second-order valence-corrected chi connectivity index (χ2v) is 17.8. The molecule has 0 fully saturated rings. The molecule has 0 saturated heterocycles. The minimum Gasteiger partial charge on any atom is -0.309 e. The van der Waals surface area contributed by atoms with Crippen molar-refractivity contribution in [3.8, 4) is 33.4 Å². The van der Waals surface area contributed by atoms with Crippen molar-refractivity contribution >= 4 is 38.6 Å². The summed E-state index contributed by atoms with van der Waals surface area (Å²) < 4.78 is 0. The smallest absolute Gasteiger partial charge is 0.0726 e. The Hall–Kier alpha value is -8.26. The van der Waals surface area contributed by atoms with E-state index in [1.807, 2.05) is 0 Å². The quantitative estimate of drug-likeness (QED) is 0.156. The zero-order valence-corrected chi connectivity index (χ0v) is 35.6. The first-order valence-electron chi connectivity index (χ1n) is 22.8. The van der Waals surface area contributed by atoms with Gasteiger partial charge in [-0.3, -0.25) is 0 Å². The van der Waals surface area contributed by atoms with Gasteiger partial charge in [0.2, 0.25) is 0 Å². The number of hydrogen-bond donors (Lipinski definition) is 0. The molecule has 1 nitrogen and oxygen atoms in total. The third-order valence-corrected chi connectivity index (χ3v) is 14.9. The Kier molecular flexibility index (Phi) is 7.59. The van der Waals surface area contributed by atoms with Crippen molar-refractivity contribution in [3.63, 3.8) is 0 Å². The van der Waals surface area contributed by atoms with Crippen LogP contribution in [0.25, 0.3) is 54.9 Å². The summed E-state index contributed by atoms with van der Waals surface area (Å²) in [5.41, 5.74) is 20.7. The zero-order valence-electron chi connectivity index (χ0n) is 35.6. The largest absolute Gasteiger partial charge is 0.309 e. The average molecular weight is 824 g/mol. The Labute approximate surface area is 379 Å². The van der Waals surface area contributed by atoms with Crippen LogP contribution in [0, 0.1) is 0 Å². The van der Waals surface area contributed by atoms with E-state index in [0.29, 0.717) is 0 Å². The van der Waals surface area contributed by atoms with E-state index in [9.17, 15) is 0 Å². The Morgan fingerprint density at radius 3 is 1.37 bits per heavy atom. The van der Waals surface area contributed by atoms with E-state index in [4.69, 9.17) is 0 Å². The van der Waals surface area contributed by atoms with Gasteiger partial charge < -0.3 is 4.90 Å². The number of rotatable bonds is 5. The molecule has 65 heavy (non-hydrogen) atoms. The fourth-order valence-corrected chi connectivity index (χ4v) is 12.5. The molecule has 0 radical (unpaired) electrons. The molecule has 0 atom stereocenters. The molecule has 1 spiro atoms. The minimum atomic E-state index is -0.490. The van der Waals surface area contributed by atoms with Crippen molar-refractivity contribution in [3.05, 3.63) is 293 Å². The van der Waals surface area contributed by atoms with Crippen molar-refractivity contribution < 1.29 is 0 Å². The summed E-state index contributed by atoms with van der Waals surface area (Å²) in [5, 5.41) is 4.93. The Morgan fingerprint density at radius 2 is 0.723 bits per heavy atom. The van der Waals surface area contributed by atoms with Gasteiger partial charge in [-0.25, -0.2) is 0 Å². The third kappa shape index (κ3) is 4.72. The van der Waals surface area contributed by atoms with Gasteiger partial charge in [-0.1, -0.05) is 224 Å². The molecule has 0 bridgehead atoms. The van der Waals surface area contributed by atoms with Gasteiger partial charge in [0.05, 0.1) is 22.2 Å².